The maximum absolute atomic E-state index is 13.2. The van der Waals surface area contributed by atoms with E-state index in [1.165, 1.54) is 0 Å². The number of imide groups is 2. The SMILES string of the molecule is NC1CC(O)(C2CCN(Cc3cccc4c3C(=O)N(C3CCC(=O)NC3=O)C4=O)CC2)C1. The Morgan fingerprint density at radius 2 is 1.78 bits per heavy atom. The fourth-order valence-corrected chi connectivity index (χ4v) is 5.77. The first-order valence-corrected chi connectivity index (χ1v) is 11.3. The molecule has 1 unspecified atom stereocenters. The van der Waals surface area contributed by atoms with Crippen LogP contribution in [0.25, 0.3) is 0 Å². The molecule has 4 amide bonds. The molecule has 3 heterocycles. The molecule has 2 saturated heterocycles. The number of nitrogens with zero attached hydrogens (tertiary/aromatic N) is 2. The maximum Gasteiger partial charge on any atom is 0.262 e. The van der Waals surface area contributed by atoms with E-state index in [0.717, 1.165) is 36.4 Å². The zero-order valence-corrected chi connectivity index (χ0v) is 17.9. The first-order valence-electron chi connectivity index (χ1n) is 11.3. The summed E-state index contributed by atoms with van der Waals surface area (Å²) in [5.74, 6) is -1.70. The van der Waals surface area contributed by atoms with E-state index in [0.29, 0.717) is 30.5 Å². The summed E-state index contributed by atoms with van der Waals surface area (Å²) in [7, 11) is 0. The number of hydrogen-bond donors (Lipinski definition) is 3. The normalized spacial score (nSPS) is 31.5. The van der Waals surface area contributed by atoms with Crippen LogP contribution in [0, 0.1) is 5.92 Å². The van der Waals surface area contributed by atoms with E-state index in [2.05, 4.69) is 10.2 Å². The summed E-state index contributed by atoms with van der Waals surface area (Å²) in [5.41, 5.74) is 6.66. The Balaban J connectivity index is 1.30. The van der Waals surface area contributed by atoms with E-state index in [1.54, 1.807) is 12.1 Å². The molecular weight excluding hydrogens is 412 g/mol. The van der Waals surface area contributed by atoms with Gasteiger partial charge in [-0.15, -0.1) is 0 Å². The maximum atomic E-state index is 13.2. The zero-order chi connectivity index (χ0) is 22.6. The van der Waals surface area contributed by atoms with Gasteiger partial charge in [-0.3, -0.25) is 34.3 Å². The number of carbonyl (C=O) groups is 4. The molecule has 170 valence electrons. The Morgan fingerprint density at radius 1 is 1.06 bits per heavy atom. The second-order valence-corrected chi connectivity index (χ2v) is 9.61. The lowest BCUT2D eigenvalue weighted by Gasteiger charge is -2.49. The molecule has 9 heteroatoms. The van der Waals surface area contributed by atoms with Crippen LogP contribution in [-0.2, 0) is 16.1 Å². The second-order valence-electron chi connectivity index (χ2n) is 9.61. The van der Waals surface area contributed by atoms with Crippen molar-refractivity contribution in [2.45, 2.75) is 62.8 Å². The number of likely N-dealkylation sites (tertiary alicyclic amines) is 1. The molecule has 5 rings (SSSR count). The van der Waals surface area contributed by atoms with E-state index in [1.807, 2.05) is 6.07 Å². The van der Waals surface area contributed by atoms with Gasteiger partial charge in [0.25, 0.3) is 11.8 Å². The highest BCUT2D eigenvalue weighted by Gasteiger charge is 2.48. The summed E-state index contributed by atoms with van der Waals surface area (Å²) in [6.45, 7) is 2.12. The Labute approximate surface area is 185 Å². The van der Waals surface area contributed by atoms with Gasteiger partial charge in [-0.1, -0.05) is 12.1 Å². The lowest BCUT2D eigenvalue weighted by molar-refractivity contribution is -0.136. The Bertz CT molecular complexity index is 994. The monoisotopic (exact) mass is 440 g/mol. The minimum Gasteiger partial charge on any atom is -0.389 e. The summed E-state index contributed by atoms with van der Waals surface area (Å²) in [4.78, 5) is 53.2. The van der Waals surface area contributed by atoms with Crippen LogP contribution in [-0.4, -0.2) is 69.3 Å². The van der Waals surface area contributed by atoms with Gasteiger partial charge in [-0.05, 0) is 62.7 Å². The number of nitrogens with two attached hydrogens (primary N) is 1. The molecule has 0 radical (unpaired) electrons. The van der Waals surface area contributed by atoms with Crippen molar-refractivity contribution in [3.63, 3.8) is 0 Å². The lowest BCUT2D eigenvalue weighted by atomic mass is 9.65. The van der Waals surface area contributed by atoms with Crippen LogP contribution in [0.1, 0.15) is 64.8 Å². The smallest absolute Gasteiger partial charge is 0.262 e. The molecule has 3 fully saturated rings. The number of piperidine rings is 2. The van der Waals surface area contributed by atoms with Crippen LogP contribution >= 0.6 is 0 Å². The Hall–Kier alpha value is -2.62. The largest absolute Gasteiger partial charge is 0.389 e. The number of aliphatic hydroxyl groups is 1. The first kappa shape index (κ1) is 21.2. The van der Waals surface area contributed by atoms with Gasteiger partial charge in [0.1, 0.15) is 6.04 Å². The van der Waals surface area contributed by atoms with Crippen molar-refractivity contribution in [3.8, 4) is 0 Å². The van der Waals surface area contributed by atoms with Crippen LogP contribution < -0.4 is 11.1 Å². The van der Waals surface area contributed by atoms with Crippen LogP contribution in [0.4, 0.5) is 0 Å². The molecule has 0 aromatic heterocycles. The predicted molar refractivity (Wildman–Crippen MR) is 113 cm³/mol. The highest BCUT2D eigenvalue weighted by atomic mass is 16.3. The van der Waals surface area contributed by atoms with E-state index in [4.69, 9.17) is 5.73 Å². The van der Waals surface area contributed by atoms with Gasteiger partial charge in [-0.2, -0.15) is 0 Å². The number of benzene rings is 1. The van der Waals surface area contributed by atoms with Gasteiger partial charge < -0.3 is 10.8 Å². The van der Waals surface area contributed by atoms with Crippen molar-refractivity contribution in [1.29, 1.82) is 0 Å². The molecule has 1 aromatic rings. The number of amides is 4. The van der Waals surface area contributed by atoms with Gasteiger partial charge in [0, 0.05) is 19.0 Å². The number of hydrogen-bond acceptors (Lipinski definition) is 7. The third kappa shape index (κ3) is 3.44. The fourth-order valence-electron chi connectivity index (χ4n) is 5.77. The summed E-state index contributed by atoms with van der Waals surface area (Å²) in [6, 6.07) is 4.37. The van der Waals surface area contributed by atoms with Crippen molar-refractivity contribution in [2.24, 2.45) is 11.7 Å². The minimum absolute atomic E-state index is 0.0980. The van der Waals surface area contributed by atoms with Gasteiger partial charge >= 0.3 is 0 Å². The van der Waals surface area contributed by atoms with Gasteiger partial charge in [0.2, 0.25) is 11.8 Å². The van der Waals surface area contributed by atoms with Crippen molar-refractivity contribution < 1.29 is 24.3 Å². The van der Waals surface area contributed by atoms with Crippen LogP contribution in [0.5, 0.6) is 0 Å². The molecule has 3 aliphatic heterocycles. The molecule has 0 spiro atoms. The molecular formula is C23H28N4O5. The first-order chi connectivity index (χ1) is 15.3. The average molecular weight is 441 g/mol. The molecule has 1 aliphatic carbocycles. The van der Waals surface area contributed by atoms with Gasteiger partial charge in [0.15, 0.2) is 0 Å². The Kier molecular flexibility index (Phi) is 5.15. The van der Waals surface area contributed by atoms with E-state index >= 15 is 0 Å². The lowest BCUT2D eigenvalue weighted by Crippen LogP contribution is -2.57. The summed E-state index contributed by atoms with van der Waals surface area (Å²) < 4.78 is 0. The topological polar surface area (TPSA) is 133 Å². The van der Waals surface area contributed by atoms with Crippen molar-refractivity contribution in [2.75, 3.05) is 13.1 Å². The second kappa shape index (κ2) is 7.75. The third-order valence-electron chi connectivity index (χ3n) is 7.53. The highest BCUT2D eigenvalue weighted by Crippen LogP contribution is 2.42. The fraction of sp³-hybridized carbons (Fsp3) is 0.565. The molecule has 4 N–H and O–H groups in total. The summed E-state index contributed by atoms with van der Waals surface area (Å²) in [5, 5.41) is 12.9. The van der Waals surface area contributed by atoms with Crippen LogP contribution in [0.3, 0.4) is 0 Å². The van der Waals surface area contributed by atoms with Crippen LogP contribution in [0.15, 0.2) is 18.2 Å². The van der Waals surface area contributed by atoms with Gasteiger partial charge in [-0.25, -0.2) is 0 Å². The van der Waals surface area contributed by atoms with Gasteiger partial charge in [0.05, 0.1) is 16.7 Å². The number of fused-ring (bicyclic) bond motifs is 1. The number of carbonyl (C=O) groups excluding carboxylic acids is 4. The van der Waals surface area contributed by atoms with E-state index in [-0.39, 0.29) is 30.7 Å². The molecule has 1 aromatic carbocycles. The molecule has 1 saturated carbocycles. The van der Waals surface area contributed by atoms with E-state index in [9.17, 15) is 24.3 Å². The molecule has 4 aliphatic rings. The molecule has 0 bridgehead atoms. The van der Waals surface area contributed by atoms with E-state index < -0.39 is 29.4 Å². The Morgan fingerprint density at radius 3 is 2.44 bits per heavy atom. The zero-order valence-electron chi connectivity index (χ0n) is 17.9. The molecule has 32 heavy (non-hydrogen) atoms. The number of nitrogens with one attached hydrogen (secondary N) is 1. The van der Waals surface area contributed by atoms with Crippen molar-refractivity contribution >= 4 is 23.6 Å². The molecule has 9 nitrogen and oxygen atoms in total. The quantitative estimate of drug-likeness (QED) is 0.568. The molecule has 1 atom stereocenters. The van der Waals surface area contributed by atoms with Crippen molar-refractivity contribution in [3.05, 3.63) is 34.9 Å². The number of rotatable bonds is 4. The highest BCUT2D eigenvalue weighted by molar-refractivity contribution is 6.24. The third-order valence-corrected chi connectivity index (χ3v) is 7.53. The van der Waals surface area contributed by atoms with Crippen LogP contribution in [0.2, 0.25) is 0 Å². The minimum atomic E-state index is -0.960. The average Bonchev–Trinajstić information content (AvgIpc) is 2.99. The van der Waals surface area contributed by atoms with Crippen molar-refractivity contribution in [1.82, 2.24) is 15.1 Å². The predicted octanol–water partition coefficient (Wildman–Crippen LogP) is 0.152. The standard InChI is InChI=1S/C23H28N4O5/c24-15-10-23(32,11-15)14-6-8-26(9-7-14)12-13-2-1-3-16-19(13)22(31)27(21(16)30)17-4-5-18(28)25-20(17)29/h1-3,14-15,17,32H,4-12,24H2,(H,25,28,29). The summed E-state index contributed by atoms with van der Waals surface area (Å²) in [6.07, 6.45) is 3.31. The summed E-state index contributed by atoms with van der Waals surface area (Å²) >= 11 is 0.